The third-order valence-corrected chi connectivity index (χ3v) is 2.67. The highest BCUT2D eigenvalue weighted by molar-refractivity contribution is 5.73. The minimum Gasteiger partial charge on any atom is -0.441 e. The fourth-order valence-corrected chi connectivity index (χ4v) is 1.82. The monoisotopic (exact) mass is 233 g/mol. The zero-order chi connectivity index (χ0) is 12.1. The summed E-state index contributed by atoms with van der Waals surface area (Å²) in [6, 6.07) is 6.16. The molecule has 1 aromatic heterocycles. The summed E-state index contributed by atoms with van der Waals surface area (Å²) in [6.07, 6.45) is 1.14. The molecule has 4 heteroatoms. The highest BCUT2D eigenvalue weighted by atomic mass is 16.3. The molecule has 0 saturated heterocycles. The van der Waals surface area contributed by atoms with Crippen molar-refractivity contribution in [3.05, 3.63) is 29.7 Å². The molecule has 0 aliphatic rings. The Kier molecular flexibility index (Phi) is 4.12. The van der Waals surface area contributed by atoms with Crippen LogP contribution in [-0.4, -0.2) is 25.1 Å². The van der Waals surface area contributed by atoms with E-state index in [0.717, 1.165) is 43.0 Å². The van der Waals surface area contributed by atoms with Gasteiger partial charge in [-0.2, -0.15) is 0 Å². The Morgan fingerprint density at radius 3 is 3.00 bits per heavy atom. The van der Waals surface area contributed by atoms with Gasteiger partial charge >= 0.3 is 0 Å². The van der Waals surface area contributed by atoms with Crippen molar-refractivity contribution < 1.29 is 4.42 Å². The number of rotatable bonds is 6. The summed E-state index contributed by atoms with van der Waals surface area (Å²) in [5.41, 5.74) is 3.04. The number of benzene rings is 1. The van der Waals surface area contributed by atoms with E-state index in [-0.39, 0.29) is 0 Å². The lowest BCUT2D eigenvalue weighted by Crippen LogP contribution is -2.19. The molecule has 0 radical (unpaired) electrons. The lowest BCUT2D eigenvalue weighted by molar-refractivity contribution is 0.560. The number of aryl methyl sites for hydroxylation is 1. The van der Waals surface area contributed by atoms with Crippen LogP contribution < -0.4 is 10.6 Å². The topological polar surface area (TPSA) is 50.1 Å². The third kappa shape index (κ3) is 3.28. The van der Waals surface area contributed by atoms with Crippen LogP contribution in [0.25, 0.3) is 11.1 Å². The van der Waals surface area contributed by atoms with E-state index >= 15 is 0 Å². The fourth-order valence-electron chi connectivity index (χ4n) is 1.82. The van der Waals surface area contributed by atoms with Gasteiger partial charge in [-0.15, -0.1) is 0 Å². The van der Waals surface area contributed by atoms with E-state index in [1.54, 1.807) is 0 Å². The second-order valence-electron chi connectivity index (χ2n) is 4.17. The van der Waals surface area contributed by atoms with Gasteiger partial charge in [-0.3, -0.25) is 0 Å². The largest absolute Gasteiger partial charge is 0.441 e. The van der Waals surface area contributed by atoms with Gasteiger partial charge in [-0.05, 0) is 44.3 Å². The van der Waals surface area contributed by atoms with Crippen molar-refractivity contribution in [2.75, 3.05) is 20.1 Å². The molecule has 92 valence electrons. The van der Waals surface area contributed by atoms with Crippen molar-refractivity contribution >= 4 is 11.1 Å². The average Bonchev–Trinajstić information content (AvgIpc) is 2.68. The van der Waals surface area contributed by atoms with E-state index in [2.05, 4.69) is 27.8 Å². The van der Waals surface area contributed by atoms with Crippen LogP contribution in [0.15, 0.2) is 22.6 Å². The lowest BCUT2D eigenvalue weighted by atomic mass is 10.2. The summed E-state index contributed by atoms with van der Waals surface area (Å²) < 4.78 is 5.50. The van der Waals surface area contributed by atoms with E-state index < -0.39 is 0 Å². The van der Waals surface area contributed by atoms with Crippen molar-refractivity contribution in [1.82, 2.24) is 15.6 Å². The molecule has 0 saturated carbocycles. The maximum atomic E-state index is 5.50. The second-order valence-corrected chi connectivity index (χ2v) is 4.17. The third-order valence-electron chi connectivity index (χ3n) is 2.67. The van der Waals surface area contributed by atoms with Gasteiger partial charge in [0.2, 0.25) is 0 Å². The zero-order valence-electron chi connectivity index (χ0n) is 10.4. The SMILES string of the molecule is CNCCCNCc1ccc2nc(C)oc2c1. The maximum Gasteiger partial charge on any atom is 0.192 e. The molecule has 0 aliphatic carbocycles. The molecule has 0 unspecified atom stereocenters. The smallest absolute Gasteiger partial charge is 0.192 e. The maximum absolute atomic E-state index is 5.50. The summed E-state index contributed by atoms with van der Waals surface area (Å²) in [6.45, 7) is 4.82. The summed E-state index contributed by atoms with van der Waals surface area (Å²) in [5.74, 6) is 0.721. The fraction of sp³-hybridized carbons (Fsp3) is 0.462. The second kappa shape index (κ2) is 5.80. The highest BCUT2D eigenvalue weighted by Crippen LogP contribution is 2.16. The molecular weight excluding hydrogens is 214 g/mol. The normalized spacial score (nSPS) is 11.2. The van der Waals surface area contributed by atoms with Gasteiger partial charge < -0.3 is 15.1 Å². The summed E-state index contributed by atoms with van der Waals surface area (Å²) >= 11 is 0. The first-order valence-electron chi connectivity index (χ1n) is 6.01. The molecule has 0 fully saturated rings. The molecule has 0 spiro atoms. The Morgan fingerprint density at radius 2 is 2.18 bits per heavy atom. The first-order valence-corrected chi connectivity index (χ1v) is 6.01. The molecule has 1 aromatic carbocycles. The predicted molar refractivity (Wildman–Crippen MR) is 69.0 cm³/mol. The predicted octanol–water partition coefficient (Wildman–Crippen LogP) is 1.84. The van der Waals surface area contributed by atoms with Crippen LogP contribution in [-0.2, 0) is 6.54 Å². The van der Waals surface area contributed by atoms with E-state index in [1.165, 1.54) is 5.56 Å². The first kappa shape index (κ1) is 12.1. The van der Waals surface area contributed by atoms with Crippen LogP contribution in [0, 0.1) is 6.92 Å². The van der Waals surface area contributed by atoms with Crippen LogP contribution >= 0.6 is 0 Å². The van der Waals surface area contributed by atoms with Crippen LogP contribution in [0.1, 0.15) is 17.9 Å². The Bertz CT molecular complexity index is 478. The van der Waals surface area contributed by atoms with Gasteiger partial charge in [-0.1, -0.05) is 6.07 Å². The van der Waals surface area contributed by atoms with E-state index in [1.807, 2.05) is 20.0 Å². The minimum absolute atomic E-state index is 0.721. The molecule has 0 atom stereocenters. The molecule has 0 amide bonds. The summed E-state index contributed by atoms with van der Waals surface area (Å²) in [5, 5.41) is 6.54. The number of oxazole rings is 1. The Hall–Kier alpha value is -1.39. The zero-order valence-corrected chi connectivity index (χ0v) is 10.4. The number of nitrogens with zero attached hydrogens (tertiary/aromatic N) is 1. The van der Waals surface area contributed by atoms with Crippen LogP contribution in [0.5, 0.6) is 0 Å². The van der Waals surface area contributed by atoms with Gasteiger partial charge in [0.1, 0.15) is 5.52 Å². The Morgan fingerprint density at radius 1 is 1.29 bits per heavy atom. The van der Waals surface area contributed by atoms with E-state index in [9.17, 15) is 0 Å². The van der Waals surface area contributed by atoms with Crippen molar-refractivity contribution in [3.8, 4) is 0 Å². The highest BCUT2D eigenvalue weighted by Gasteiger charge is 2.02. The minimum atomic E-state index is 0.721. The lowest BCUT2D eigenvalue weighted by Gasteiger charge is -2.04. The number of aromatic nitrogens is 1. The first-order chi connectivity index (χ1) is 8.29. The molecule has 4 nitrogen and oxygen atoms in total. The van der Waals surface area contributed by atoms with Gasteiger partial charge in [0, 0.05) is 13.5 Å². The average molecular weight is 233 g/mol. The van der Waals surface area contributed by atoms with Crippen molar-refractivity contribution in [2.45, 2.75) is 19.9 Å². The quantitative estimate of drug-likeness (QED) is 0.747. The number of hydrogen-bond acceptors (Lipinski definition) is 4. The van der Waals surface area contributed by atoms with Crippen LogP contribution in [0.3, 0.4) is 0 Å². The Labute approximate surface area is 101 Å². The molecule has 2 rings (SSSR count). The van der Waals surface area contributed by atoms with E-state index in [0.29, 0.717) is 0 Å². The molecule has 2 N–H and O–H groups in total. The summed E-state index contributed by atoms with van der Waals surface area (Å²) in [7, 11) is 1.97. The van der Waals surface area contributed by atoms with Crippen LogP contribution in [0.4, 0.5) is 0 Å². The number of nitrogens with one attached hydrogen (secondary N) is 2. The van der Waals surface area contributed by atoms with Crippen LogP contribution in [0.2, 0.25) is 0 Å². The van der Waals surface area contributed by atoms with Gasteiger partial charge in [0.15, 0.2) is 11.5 Å². The molecule has 0 bridgehead atoms. The molecule has 1 heterocycles. The number of hydrogen-bond donors (Lipinski definition) is 2. The molecule has 0 aliphatic heterocycles. The van der Waals surface area contributed by atoms with Crippen molar-refractivity contribution in [1.29, 1.82) is 0 Å². The summed E-state index contributed by atoms with van der Waals surface area (Å²) in [4.78, 5) is 4.28. The molecular formula is C13H19N3O. The Balaban J connectivity index is 1.90. The number of fused-ring (bicyclic) bond motifs is 1. The molecule has 2 aromatic rings. The van der Waals surface area contributed by atoms with Crippen molar-refractivity contribution in [3.63, 3.8) is 0 Å². The van der Waals surface area contributed by atoms with E-state index in [4.69, 9.17) is 4.42 Å². The molecule has 17 heavy (non-hydrogen) atoms. The van der Waals surface area contributed by atoms with Gasteiger partial charge in [-0.25, -0.2) is 4.98 Å². The standard InChI is InChI=1S/C13H19N3O/c1-10-16-12-5-4-11(8-13(12)17-10)9-15-7-3-6-14-2/h4-5,8,14-15H,3,6-7,9H2,1-2H3. The van der Waals surface area contributed by atoms with Gasteiger partial charge in [0.05, 0.1) is 0 Å². The van der Waals surface area contributed by atoms with Gasteiger partial charge in [0.25, 0.3) is 0 Å². The van der Waals surface area contributed by atoms with Crippen molar-refractivity contribution in [2.24, 2.45) is 0 Å².